The fourth-order valence-electron chi connectivity index (χ4n) is 4.06. The van der Waals surface area contributed by atoms with Crippen LogP contribution in [-0.2, 0) is 4.79 Å². The van der Waals surface area contributed by atoms with Crippen LogP contribution in [0.25, 0.3) is 11.0 Å². The summed E-state index contributed by atoms with van der Waals surface area (Å²) in [6, 6.07) is 13.4. The SMILES string of the molecule is CN(C)CCCN1C(=O)C(O)=C(C(=O)c2cc3ccccc3o2)[C@H]1c1cccc([N+](=O)[O-])c1. The van der Waals surface area contributed by atoms with Gasteiger partial charge < -0.3 is 19.3 Å². The standard InChI is InChI=1S/C24H23N3O6/c1-25(2)11-6-12-26-21(16-8-5-9-17(13-16)27(31)32)20(23(29)24(26)30)22(28)19-14-15-7-3-4-10-18(15)33-19/h3-5,7-10,13-14,21,29H,6,11-12H2,1-2H3/t21-/m1/s1. The molecule has 0 saturated heterocycles. The molecule has 0 bridgehead atoms. The number of para-hydroxylation sites is 1. The van der Waals surface area contributed by atoms with Gasteiger partial charge in [0, 0.05) is 24.1 Å². The molecule has 0 aliphatic carbocycles. The van der Waals surface area contributed by atoms with Crippen molar-refractivity contribution in [1.29, 1.82) is 0 Å². The van der Waals surface area contributed by atoms with Crippen LogP contribution in [0.5, 0.6) is 0 Å². The number of ketones is 1. The number of Topliss-reactive ketones (excluding diaryl/α,β-unsaturated/α-hetero) is 1. The molecule has 1 amide bonds. The Bertz CT molecular complexity index is 1240. The topological polar surface area (TPSA) is 117 Å². The Labute approximate surface area is 189 Å². The molecule has 1 atom stereocenters. The number of amides is 1. The van der Waals surface area contributed by atoms with Crippen molar-refractivity contribution in [3.63, 3.8) is 0 Å². The number of hydrogen-bond donors (Lipinski definition) is 1. The predicted octanol–water partition coefficient (Wildman–Crippen LogP) is 3.87. The molecule has 1 aliphatic heterocycles. The zero-order chi connectivity index (χ0) is 23.7. The van der Waals surface area contributed by atoms with Crippen molar-refractivity contribution in [2.24, 2.45) is 0 Å². The first-order chi connectivity index (χ1) is 15.8. The molecule has 1 N–H and O–H groups in total. The smallest absolute Gasteiger partial charge is 0.290 e. The zero-order valence-electron chi connectivity index (χ0n) is 18.2. The third-order valence-corrected chi connectivity index (χ3v) is 5.60. The van der Waals surface area contributed by atoms with E-state index in [0.717, 1.165) is 0 Å². The number of carbonyl (C=O) groups is 2. The second-order valence-corrected chi connectivity index (χ2v) is 8.15. The Hall–Kier alpha value is -3.98. The average Bonchev–Trinajstić information content (AvgIpc) is 3.33. The number of nitro benzene ring substituents is 1. The first kappa shape index (κ1) is 22.2. The highest BCUT2D eigenvalue weighted by Gasteiger charge is 2.44. The number of furan rings is 1. The number of nitrogens with zero attached hydrogens (tertiary/aromatic N) is 3. The van der Waals surface area contributed by atoms with Gasteiger partial charge >= 0.3 is 0 Å². The van der Waals surface area contributed by atoms with E-state index in [-0.39, 0.29) is 23.6 Å². The van der Waals surface area contributed by atoms with Crippen LogP contribution in [-0.4, -0.2) is 58.7 Å². The lowest BCUT2D eigenvalue weighted by molar-refractivity contribution is -0.384. The summed E-state index contributed by atoms with van der Waals surface area (Å²) in [4.78, 5) is 40.6. The van der Waals surface area contributed by atoms with E-state index in [4.69, 9.17) is 4.42 Å². The van der Waals surface area contributed by atoms with Gasteiger partial charge in [0.1, 0.15) is 5.58 Å². The summed E-state index contributed by atoms with van der Waals surface area (Å²) >= 11 is 0. The number of nitro groups is 1. The summed E-state index contributed by atoms with van der Waals surface area (Å²) in [6.45, 7) is 0.935. The van der Waals surface area contributed by atoms with E-state index in [9.17, 15) is 24.8 Å². The van der Waals surface area contributed by atoms with E-state index in [0.29, 0.717) is 29.5 Å². The minimum Gasteiger partial charge on any atom is -0.503 e. The number of aliphatic hydroxyl groups excluding tert-OH is 1. The summed E-state index contributed by atoms with van der Waals surface area (Å²) in [6.07, 6.45) is 0.587. The lowest BCUT2D eigenvalue weighted by atomic mass is 9.94. The lowest BCUT2D eigenvalue weighted by Crippen LogP contribution is -2.33. The van der Waals surface area contributed by atoms with Crippen LogP contribution in [0.3, 0.4) is 0 Å². The van der Waals surface area contributed by atoms with Gasteiger partial charge in [-0.2, -0.15) is 0 Å². The molecular formula is C24H23N3O6. The van der Waals surface area contributed by atoms with Crippen molar-refractivity contribution >= 4 is 28.3 Å². The zero-order valence-corrected chi connectivity index (χ0v) is 18.2. The van der Waals surface area contributed by atoms with Gasteiger partial charge in [-0.3, -0.25) is 19.7 Å². The first-order valence-corrected chi connectivity index (χ1v) is 10.4. The Morgan fingerprint density at radius 3 is 2.64 bits per heavy atom. The first-order valence-electron chi connectivity index (χ1n) is 10.4. The molecule has 0 saturated carbocycles. The van der Waals surface area contributed by atoms with Crippen LogP contribution in [0.15, 0.2) is 70.3 Å². The van der Waals surface area contributed by atoms with E-state index in [1.54, 1.807) is 36.4 Å². The van der Waals surface area contributed by atoms with E-state index < -0.39 is 28.4 Å². The Balaban J connectivity index is 1.78. The van der Waals surface area contributed by atoms with Crippen molar-refractivity contribution < 1.29 is 24.0 Å². The van der Waals surface area contributed by atoms with Crippen molar-refractivity contribution in [2.75, 3.05) is 27.2 Å². The molecule has 170 valence electrons. The Kier molecular flexibility index (Phi) is 5.97. The molecule has 1 aliphatic rings. The number of fused-ring (bicyclic) bond motifs is 1. The summed E-state index contributed by atoms with van der Waals surface area (Å²) in [7, 11) is 3.80. The molecular weight excluding hydrogens is 426 g/mol. The number of non-ortho nitro benzene ring substituents is 1. The highest BCUT2D eigenvalue weighted by molar-refractivity contribution is 6.16. The largest absolute Gasteiger partial charge is 0.503 e. The van der Waals surface area contributed by atoms with E-state index in [1.807, 2.05) is 19.0 Å². The minimum atomic E-state index is -0.972. The van der Waals surface area contributed by atoms with Gasteiger partial charge in [0.15, 0.2) is 11.5 Å². The number of aliphatic hydroxyl groups is 1. The molecule has 3 aromatic rings. The number of carbonyl (C=O) groups excluding carboxylic acids is 2. The average molecular weight is 449 g/mol. The molecule has 0 unspecified atom stereocenters. The monoisotopic (exact) mass is 449 g/mol. The number of hydrogen-bond acceptors (Lipinski definition) is 7. The van der Waals surface area contributed by atoms with Crippen molar-refractivity contribution in [2.45, 2.75) is 12.5 Å². The highest BCUT2D eigenvalue weighted by atomic mass is 16.6. The maximum absolute atomic E-state index is 13.5. The second kappa shape index (κ2) is 8.87. The van der Waals surface area contributed by atoms with Crippen LogP contribution in [0.2, 0.25) is 0 Å². The summed E-state index contributed by atoms with van der Waals surface area (Å²) in [5, 5.41) is 22.8. The van der Waals surface area contributed by atoms with Crippen LogP contribution in [0.4, 0.5) is 5.69 Å². The van der Waals surface area contributed by atoms with Crippen LogP contribution >= 0.6 is 0 Å². The molecule has 33 heavy (non-hydrogen) atoms. The molecule has 0 radical (unpaired) electrons. The molecule has 4 rings (SSSR count). The van der Waals surface area contributed by atoms with Gasteiger partial charge in [-0.25, -0.2) is 0 Å². The number of rotatable bonds is 8. The molecule has 0 fully saturated rings. The normalized spacial score (nSPS) is 16.3. The van der Waals surface area contributed by atoms with Gasteiger partial charge in [0.2, 0.25) is 5.78 Å². The van der Waals surface area contributed by atoms with Crippen molar-refractivity contribution in [1.82, 2.24) is 9.80 Å². The summed E-state index contributed by atoms with van der Waals surface area (Å²) < 4.78 is 5.68. The number of benzene rings is 2. The molecule has 2 heterocycles. The van der Waals surface area contributed by atoms with E-state index in [2.05, 4.69) is 0 Å². The quantitative estimate of drug-likeness (QED) is 0.315. The summed E-state index contributed by atoms with van der Waals surface area (Å²) in [5.74, 6) is -2.01. The van der Waals surface area contributed by atoms with Gasteiger partial charge in [-0.1, -0.05) is 30.3 Å². The van der Waals surface area contributed by atoms with Crippen LogP contribution < -0.4 is 0 Å². The molecule has 2 aromatic carbocycles. The molecule has 1 aromatic heterocycles. The predicted molar refractivity (Wildman–Crippen MR) is 121 cm³/mol. The maximum Gasteiger partial charge on any atom is 0.290 e. The fourth-order valence-corrected chi connectivity index (χ4v) is 4.06. The maximum atomic E-state index is 13.5. The van der Waals surface area contributed by atoms with Gasteiger partial charge in [-0.15, -0.1) is 0 Å². The molecule has 9 heteroatoms. The third-order valence-electron chi connectivity index (χ3n) is 5.60. The van der Waals surface area contributed by atoms with E-state index >= 15 is 0 Å². The van der Waals surface area contributed by atoms with Crippen LogP contribution in [0.1, 0.15) is 28.6 Å². The van der Waals surface area contributed by atoms with Crippen LogP contribution in [0, 0.1) is 10.1 Å². The van der Waals surface area contributed by atoms with E-state index in [1.165, 1.54) is 23.1 Å². The van der Waals surface area contributed by atoms with Gasteiger partial charge in [-0.05, 0) is 44.8 Å². The third kappa shape index (κ3) is 4.22. The Morgan fingerprint density at radius 2 is 1.94 bits per heavy atom. The fraction of sp³-hybridized carbons (Fsp3) is 0.250. The minimum absolute atomic E-state index is 0.0175. The second-order valence-electron chi connectivity index (χ2n) is 8.15. The van der Waals surface area contributed by atoms with Crippen molar-refractivity contribution in [3.05, 3.63) is 87.4 Å². The lowest BCUT2D eigenvalue weighted by Gasteiger charge is -2.27. The summed E-state index contributed by atoms with van der Waals surface area (Å²) in [5.41, 5.74) is 0.547. The van der Waals surface area contributed by atoms with Gasteiger partial charge in [0.25, 0.3) is 11.6 Å². The molecule has 0 spiro atoms. The highest BCUT2D eigenvalue weighted by Crippen LogP contribution is 2.40. The van der Waals surface area contributed by atoms with Gasteiger partial charge in [0.05, 0.1) is 16.5 Å². The van der Waals surface area contributed by atoms with Crippen molar-refractivity contribution in [3.8, 4) is 0 Å². The Morgan fingerprint density at radius 1 is 1.18 bits per heavy atom. The molecule has 9 nitrogen and oxygen atoms in total.